The number of rotatable bonds is 6. The van der Waals surface area contributed by atoms with Crippen LogP contribution in [-0.2, 0) is 9.53 Å². The highest BCUT2D eigenvalue weighted by molar-refractivity contribution is 7.14. The van der Waals surface area contributed by atoms with Crippen LogP contribution in [0.1, 0.15) is 33.2 Å². The van der Waals surface area contributed by atoms with Crippen LogP contribution in [0.25, 0.3) is 11.3 Å². The molecule has 0 saturated heterocycles. The van der Waals surface area contributed by atoms with E-state index in [1.807, 2.05) is 56.3 Å². The molecule has 0 aliphatic heterocycles. The molecular weight excluding hydrogens is 396 g/mol. The number of nitrogens with one attached hydrogen (secondary N) is 1. The van der Waals surface area contributed by atoms with Crippen LogP contribution in [0.4, 0.5) is 0 Å². The Balaban J connectivity index is 1.62. The lowest BCUT2D eigenvalue weighted by molar-refractivity contribution is -0.124. The van der Waals surface area contributed by atoms with Crippen LogP contribution in [0.3, 0.4) is 0 Å². The molecule has 28 heavy (non-hydrogen) atoms. The molecule has 1 atom stereocenters. The first-order valence-corrected chi connectivity index (χ1v) is 9.88. The number of esters is 1. The number of thiazole rings is 1. The Bertz CT molecular complexity index is 988. The van der Waals surface area contributed by atoms with Gasteiger partial charge in [0.25, 0.3) is 5.91 Å². The second-order valence-electron chi connectivity index (χ2n) is 6.20. The third-order valence-corrected chi connectivity index (χ3v) is 5.21. The predicted molar refractivity (Wildman–Crippen MR) is 111 cm³/mol. The van der Waals surface area contributed by atoms with E-state index in [0.29, 0.717) is 15.6 Å². The molecule has 0 aliphatic rings. The Labute approximate surface area is 172 Å². The molecule has 144 valence electrons. The van der Waals surface area contributed by atoms with E-state index in [1.165, 1.54) is 11.3 Å². The van der Waals surface area contributed by atoms with Gasteiger partial charge in [0.1, 0.15) is 4.88 Å². The number of nitrogens with zero attached hydrogens (tertiary/aromatic N) is 1. The van der Waals surface area contributed by atoms with Gasteiger partial charge in [0.15, 0.2) is 6.61 Å². The average molecular weight is 415 g/mol. The van der Waals surface area contributed by atoms with Gasteiger partial charge in [0.05, 0.1) is 16.7 Å². The first kappa shape index (κ1) is 20.0. The van der Waals surface area contributed by atoms with Gasteiger partial charge in [-0.05, 0) is 31.5 Å². The normalized spacial score (nSPS) is 11.7. The lowest BCUT2D eigenvalue weighted by Crippen LogP contribution is -2.31. The topological polar surface area (TPSA) is 68.3 Å². The number of carbonyl (C=O) groups excluding carboxylic acids is 2. The molecule has 1 aromatic heterocycles. The van der Waals surface area contributed by atoms with Crippen molar-refractivity contribution in [2.75, 3.05) is 6.61 Å². The first-order valence-electron chi connectivity index (χ1n) is 8.69. The van der Waals surface area contributed by atoms with Gasteiger partial charge in [-0.15, -0.1) is 11.3 Å². The number of amides is 1. The van der Waals surface area contributed by atoms with Gasteiger partial charge in [-0.1, -0.05) is 54.1 Å². The van der Waals surface area contributed by atoms with Crippen molar-refractivity contribution >= 4 is 34.8 Å². The van der Waals surface area contributed by atoms with E-state index in [9.17, 15) is 9.59 Å². The number of carbonyl (C=O) groups is 2. The van der Waals surface area contributed by atoms with Crippen LogP contribution in [0.2, 0.25) is 5.02 Å². The molecule has 0 saturated carbocycles. The summed E-state index contributed by atoms with van der Waals surface area (Å²) in [4.78, 5) is 29.5. The zero-order valence-corrected chi connectivity index (χ0v) is 17.0. The van der Waals surface area contributed by atoms with Crippen LogP contribution in [0.5, 0.6) is 0 Å². The summed E-state index contributed by atoms with van der Waals surface area (Å²) in [5, 5.41) is 4.15. The molecule has 0 radical (unpaired) electrons. The minimum atomic E-state index is -0.560. The highest BCUT2D eigenvalue weighted by Gasteiger charge is 2.21. The molecule has 1 amide bonds. The van der Waals surface area contributed by atoms with Crippen LogP contribution in [-0.4, -0.2) is 23.5 Å². The molecule has 3 rings (SSSR count). The highest BCUT2D eigenvalue weighted by atomic mass is 35.5. The third-order valence-electron chi connectivity index (χ3n) is 4.03. The fourth-order valence-corrected chi connectivity index (χ4v) is 3.73. The van der Waals surface area contributed by atoms with Crippen molar-refractivity contribution in [1.82, 2.24) is 10.3 Å². The fraction of sp³-hybridized carbons (Fsp3) is 0.190. The van der Waals surface area contributed by atoms with Gasteiger partial charge in [-0.3, -0.25) is 4.79 Å². The minimum absolute atomic E-state index is 0.254. The SMILES string of the molecule is Cc1nc(-c2ccccc2)c(C(=O)OCC(=O)N[C@@H](C)c2cccc(Cl)c2)s1. The third kappa shape index (κ3) is 4.97. The number of benzene rings is 2. The Morgan fingerprint density at radius 1 is 1.18 bits per heavy atom. The van der Waals surface area contributed by atoms with E-state index < -0.39 is 5.97 Å². The Morgan fingerprint density at radius 3 is 2.64 bits per heavy atom. The summed E-state index contributed by atoms with van der Waals surface area (Å²) < 4.78 is 5.22. The molecule has 0 bridgehead atoms. The lowest BCUT2D eigenvalue weighted by Gasteiger charge is -2.14. The summed E-state index contributed by atoms with van der Waals surface area (Å²) in [6.07, 6.45) is 0. The van der Waals surface area contributed by atoms with Gasteiger partial charge in [-0.2, -0.15) is 0 Å². The summed E-state index contributed by atoms with van der Waals surface area (Å²) in [6, 6.07) is 16.4. The number of aryl methyl sites for hydroxylation is 1. The van der Waals surface area contributed by atoms with E-state index in [0.717, 1.165) is 16.1 Å². The monoisotopic (exact) mass is 414 g/mol. The average Bonchev–Trinajstić information content (AvgIpc) is 3.08. The van der Waals surface area contributed by atoms with Gasteiger partial charge in [0.2, 0.25) is 0 Å². The van der Waals surface area contributed by atoms with Crippen molar-refractivity contribution in [3.8, 4) is 11.3 Å². The zero-order chi connectivity index (χ0) is 20.1. The van der Waals surface area contributed by atoms with E-state index in [4.69, 9.17) is 16.3 Å². The Kier molecular flexibility index (Phi) is 6.44. The number of halogens is 1. The molecule has 0 unspecified atom stereocenters. The van der Waals surface area contributed by atoms with Gasteiger partial charge in [0, 0.05) is 10.6 Å². The molecule has 1 N–H and O–H groups in total. The zero-order valence-electron chi connectivity index (χ0n) is 15.4. The molecule has 0 fully saturated rings. The summed E-state index contributed by atoms with van der Waals surface area (Å²) in [6.45, 7) is 3.30. The summed E-state index contributed by atoms with van der Waals surface area (Å²) in [5.74, 6) is -0.946. The van der Waals surface area contributed by atoms with E-state index in [2.05, 4.69) is 10.3 Å². The van der Waals surface area contributed by atoms with Crippen LogP contribution in [0.15, 0.2) is 54.6 Å². The quantitative estimate of drug-likeness (QED) is 0.588. The maximum atomic E-state index is 12.5. The minimum Gasteiger partial charge on any atom is -0.451 e. The molecular formula is C21H19ClN2O3S. The van der Waals surface area contributed by atoms with Crippen molar-refractivity contribution in [1.29, 1.82) is 0 Å². The number of aromatic nitrogens is 1. The van der Waals surface area contributed by atoms with Crippen molar-refractivity contribution in [2.45, 2.75) is 19.9 Å². The van der Waals surface area contributed by atoms with Gasteiger partial charge in [-0.25, -0.2) is 9.78 Å². The van der Waals surface area contributed by atoms with E-state index in [1.54, 1.807) is 12.1 Å². The molecule has 0 aliphatic carbocycles. The van der Waals surface area contributed by atoms with Gasteiger partial charge < -0.3 is 10.1 Å². The van der Waals surface area contributed by atoms with Gasteiger partial charge >= 0.3 is 5.97 Å². The fourth-order valence-electron chi connectivity index (χ4n) is 2.70. The van der Waals surface area contributed by atoms with Crippen molar-refractivity contribution in [3.05, 3.63) is 75.1 Å². The highest BCUT2D eigenvalue weighted by Crippen LogP contribution is 2.28. The van der Waals surface area contributed by atoms with Crippen LogP contribution >= 0.6 is 22.9 Å². The molecule has 3 aromatic rings. The van der Waals surface area contributed by atoms with Crippen LogP contribution in [0, 0.1) is 6.92 Å². The van der Waals surface area contributed by atoms with Crippen LogP contribution < -0.4 is 5.32 Å². The lowest BCUT2D eigenvalue weighted by atomic mass is 10.1. The Morgan fingerprint density at radius 2 is 1.93 bits per heavy atom. The second kappa shape index (κ2) is 8.99. The molecule has 0 spiro atoms. The second-order valence-corrected chi connectivity index (χ2v) is 7.84. The van der Waals surface area contributed by atoms with Crippen molar-refractivity contribution in [3.63, 3.8) is 0 Å². The summed E-state index contributed by atoms with van der Waals surface area (Å²) in [7, 11) is 0. The number of hydrogen-bond acceptors (Lipinski definition) is 5. The van der Waals surface area contributed by atoms with Crippen molar-refractivity contribution in [2.24, 2.45) is 0 Å². The summed E-state index contributed by atoms with van der Waals surface area (Å²) >= 11 is 7.23. The maximum absolute atomic E-state index is 12.5. The van der Waals surface area contributed by atoms with E-state index >= 15 is 0 Å². The van der Waals surface area contributed by atoms with E-state index in [-0.39, 0.29) is 18.6 Å². The number of hydrogen-bond donors (Lipinski definition) is 1. The van der Waals surface area contributed by atoms with Crippen molar-refractivity contribution < 1.29 is 14.3 Å². The molecule has 7 heteroatoms. The standard InChI is InChI=1S/C21H19ClN2O3S/c1-13(16-9-6-10-17(22)11-16)23-18(25)12-27-21(26)20-19(24-14(2)28-20)15-7-4-3-5-8-15/h3-11,13H,12H2,1-2H3,(H,23,25)/t13-/m0/s1. The Hall–Kier alpha value is -2.70. The first-order chi connectivity index (χ1) is 13.4. The molecule has 5 nitrogen and oxygen atoms in total. The smallest absolute Gasteiger partial charge is 0.351 e. The summed E-state index contributed by atoms with van der Waals surface area (Å²) in [5.41, 5.74) is 2.27. The molecule has 2 aromatic carbocycles. The predicted octanol–water partition coefficient (Wildman–Crippen LogP) is 4.81. The molecule has 1 heterocycles. The number of ether oxygens (including phenoxy) is 1. The largest absolute Gasteiger partial charge is 0.451 e. The maximum Gasteiger partial charge on any atom is 0.351 e.